The van der Waals surface area contributed by atoms with E-state index < -0.39 is 10.0 Å². The molecule has 4 rings (SSSR count). The Balaban J connectivity index is 1.35. The number of carbonyl (C=O) groups is 3. The van der Waals surface area contributed by atoms with E-state index in [2.05, 4.69) is 5.32 Å². The fraction of sp³-hybridized carbons (Fsp3) is 0.375. The number of nitrogens with one attached hydrogen (secondary N) is 1. The van der Waals surface area contributed by atoms with Crippen LogP contribution in [0.15, 0.2) is 53.4 Å². The van der Waals surface area contributed by atoms with Gasteiger partial charge in [-0.05, 0) is 55.0 Å². The van der Waals surface area contributed by atoms with Crippen LogP contribution in [0.25, 0.3) is 0 Å². The number of nitrogens with zero attached hydrogens (tertiary/aromatic N) is 1. The van der Waals surface area contributed by atoms with Crippen molar-refractivity contribution in [1.29, 1.82) is 0 Å². The quantitative estimate of drug-likeness (QED) is 0.601. The van der Waals surface area contributed by atoms with Crippen molar-refractivity contribution < 1.29 is 22.8 Å². The largest absolute Gasteiger partial charge is 0.356 e. The van der Waals surface area contributed by atoms with Crippen molar-refractivity contribution in [3.63, 3.8) is 0 Å². The summed E-state index contributed by atoms with van der Waals surface area (Å²) in [5, 5.41) is 8.08. The Hall–Kier alpha value is -3.04. The number of nitrogens with two attached hydrogens (primary N) is 1. The summed E-state index contributed by atoms with van der Waals surface area (Å²) in [6.45, 7) is 0.656. The minimum Gasteiger partial charge on any atom is -0.356 e. The number of rotatable bonds is 7. The van der Waals surface area contributed by atoms with Crippen LogP contribution in [-0.4, -0.2) is 44.1 Å². The Bertz CT molecular complexity index is 1140. The van der Waals surface area contributed by atoms with Gasteiger partial charge in [-0.15, -0.1) is 0 Å². The molecule has 8 nitrogen and oxygen atoms in total. The van der Waals surface area contributed by atoms with E-state index in [1.54, 1.807) is 36.4 Å². The van der Waals surface area contributed by atoms with Crippen LogP contribution in [0.5, 0.6) is 0 Å². The number of hydrogen-bond acceptors (Lipinski definition) is 5. The van der Waals surface area contributed by atoms with E-state index in [4.69, 9.17) is 5.14 Å². The van der Waals surface area contributed by atoms with Crippen molar-refractivity contribution >= 4 is 27.7 Å². The molecule has 1 saturated carbocycles. The smallest absolute Gasteiger partial charge is 0.261 e. The third-order valence-corrected chi connectivity index (χ3v) is 7.44. The predicted molar refractivity (Wildman–Crippen MR) is 122 cm³/mol. The van der Waals surface area contributed by atoms with Crippen molar-refractivity contribution in [1.82, 2.24) is 10.2 Å². The van der Waals surface area contributed by atoms with Crippen LogP contribution in [0.1, 0.15) is 52.0 Å². The average molecular weight is 470 g/mol. The molecule has 0 bridgehead atoms. The lowest BCUT2D eigenvalue weighted by Crippen LogP contribution is -2.43. The lowest BCUT2D eigenvalue weighted by atomic mass is 9.78. The lowest BCUT2D eigenvalue weighted by Gasteiger charge is -2.32. The molecule has 2 aliphatic rings. The van der Waals surface area contributed by atoms with Gasteiger partial charge in [0.15, 0.2) is 0 Å². The molecule has 2 aromatic carbocycles. The van der Waals surface area contributed by atoms with Gasteiger partial charge in [0.2, 0.25) is 15.9 Å². The van der Waals surface area contributed by atoms with E-state index in [1.165, 1.54) is 17.0 Å². The maximum Gasteiger partial charge on any atom is 0.261 e. The molecule has 0 saturated heterocycles. The first-order valence-electron chi connectivity index (χ1n) is 11.1. The molecule has 0 aromatic heterocycles. The molecule has 1 aliphatic heterocycles. The minimum absolute atomic E-state index is 0.0495. The molecular formula is C24H27N3O5S. The van der Waals surface area contributed by atoms with Gasteiger partial charge in [-0.2, -0.15) is 0 Å². The first-order chi connectivity index (χ1) is 15.8. The van der Waals surface area contributed by atoms with Gasteiger partial charge in [-0.3, -0.25) is 19.3 Å². The van der Waals surface area contributed by atoms with Crippen LogP contribution in [0.3, 0.4) is 0 Å². The number of fused-ring (bicyclic) bond motifs is 1. The topological polar surface area (TPSA) is 127 Å². The summed E-state index contributed by atoms with van der Waals surface area (Å²) in [6.07, 6.45) is 3.97. The molecule has 33 heavy (non-hydrogen) atoms. The van der Waals surface area contributed by atoms with Crippen molar-refractivity contribution in [2.75, 3.05) is 13.1 Å². The van der Waals surface area contributed by atoms with Gasteiger partial charge >= 0.3 is 0 Å². The summed E-state index contributed by atoms with van der Waals surface area (Å²) in [7, 11) is -3.73. The molecule has 0 spiro atoms. The Labute approximate surface area is 193 Å². The SMILES string of the molecule is NS(=O)(=O)c1ccc(CCNC(=O)C2CCCCC2CN2C(=O)c3ccccc3C2=O)cc1. The molecule has 174 valence electrons. The number of benzene rings is 2. The van der Waals surface area contributed by atoms with Gasteiger partial charge < -0.3 is 5.32 Å². The molecule has 2 unspecified atom stereocenters. The Kier molecular flexibility index (Phi) is 6.62. The van der Waals surface area contributed by atoms with E-state index >= 15 is 0 Å². The highest BCUT2D eigenvalue weighted by Gasteiger charge is 2.39. The molecule has 9 heteroatoms. The molecule has 3 N–H and O–H groups in total. The van der Waals surface area contributed by atoms with Gasteiger partial charge in [0.25, 0.3) is 11.8 Å². The normalized spacial score (nSPS) is 20.6. The second-order valence-corrected chi connectivity index (χ2v) is 10.2. The highest BCUT2D eigenvalue weighted by molar-refractivity contribution is 7.89. The second-order valence-electron chi connectivity index (χ2n) is 8.65. The van der Waals surface area contributed by atoms with Gasteiger partial charge in [0.1, 0.15) is 0 Å². The fourth-order valence-corrected chi connectivity index (χ4v) is 5.23. The van der Waals surface area contributed by atoms with Crippen molar-refractivity contribution in [3.05, 3.63) is 65.2 Å². The van der Waals surface area contributed by atoms with Gasteiger partial charge in [0.05, 0.1) is 16.0 Å². The number of carbonyl (C=O) groups excluding carboxylic acids is 3. The van der Waals surface area contributed by atoms with Gasteiger partial charge in [-0.25, -0.2) is 13.6 Å². The number of imide groups is 1. The molecule has 1 aliphatic carbocycles. The zero-order chi connectivity index (χ0) is 23.6. The molecule has 3 amide bonds. The minimum atomic E-state index is -3.73. The highest BCUT2D eigenvalue weighted by atomic mass is 32.2. The summed E-state index contributed by atoms with van der Waals surface area (Å²) in [5.74, 6) is -0.980. The first kappa shape index (κ1) is 23.1. The number of primary sulfonamides is 1. The third kappa shape index (κ3) is 4.99. The first-order valence-corrected chi connectivity index (χ1v) is 12.6. The summed E-state index contributed by atoms with van der Waals surface area (Å²) in [6, 6.07) is 13.1. The highest BCUT2D eigenvalue weighted by Crippen LogP contribution is 2.33. The predicted octanol–water partition coefficient (Wildman–Crippen LogP) is 2.10. The van der Waals surface area contributed by atoms with E-state index in [0.717, 1.165) is 31.2 Å². The molecule has 0 radical (unpaired) electrons. The van der Waals surface area contributed by atoms with Crippen LogP contribution >= 0.6 is 0 Å². The van der Waals surface area contributed by atoms with Gasteiger partial charge in [0, 0.05) is 19.0 Å². The average Bonchev–Trinajstić information content (AvgIpc) is 3.04. The van der Waals surface area contributed by atoms with Gasteiger partial charge in [-0.1, -0.05) is 37.1 Å². The zero-order valence-corrected chi connectivity index (χ0v) is 19.0. The third-order valence-electron chi connectivity index (χ3n) is 6.51. The van der Waals surface area contributed by atoms with Crippen LogP contribution in [0.2, 0.25) is 0 Å². The molecule has 2 aromatic rings. The van der Waals surface area contributed by atoms with Crippen LogP contribution < -0.4 is 10.5 Å². The fourth-order valence-electron chi connectivity index (χ4n) is 4.72. The maximum absolute atomic E-state index is 12.9. The lowest BCUT2D eigenvalue weighted by molar-refractivity contribution is -0.127. The Morgan fingerprint density at radius 2 is 1.58 bits per heavy atom. The van der Waals surface area contributed by atoms with E-state index in [9.17, 15) is 22.8 Å². The van der Waals surface area contributed by atoms with E-state index in [1.807, 2.05) is 0 Å². The summed E-state index contributed by atoms with van der Waals surface area (Å²) in [5.41, 5.74) is 1.73. The molecular weight excluding hydrogens is 442 g/mol. The Morgan fingerprint density at radius 1 is 0.970 bits per heavy atom. The standard InChI is InChI=1S/C24H27N3O5S/c25-33(31,32)18-11-9-16(10-12-18)13-14-26-22(28)19-6-2-1-5-17(19)15-27-23(29)20-7-3-4-8-21(20)24(27)30/h3-4,7-12,17,19H,1-2,5-6,13-15H2,(H,26,28)(H2,25,31,32). The molecule has 1 heterocycles. The van der Waals surface area contributed by atoms with Crippen molar-refractivity contribution in [3.8, 4) is 0 Å². The summed E-state index contributed by atoms with van der Waals surface area (Å²) in [4.78, 5) is 39.7. The number of amides is 3. The van der Waals surface area contributed by atoms with Crippen molar-refractivity contribution in [2.45, 2.75) is 37.0 Å². The monoisotopic (exact) mass is 469 g/mol. The Morgan fingerprint density at radius 3 is 2.18 bits per heavy atom. The molecule has 1 fully saturated rings. The number of hydrogen-bond donors (Lipinski definition) is 2. The van der Waals surface area contributed by atoms with E-state index in [-0.39, 0.29) is 41.0 Å². The zero-order valence-electron chi connectivity index (χ0n) is 18.2. The van der Waals surface area contributed by atoms with Crippen LogP contribution in [-0.2, 0) is 21.2 Å². The summed E-state index contributed by atoms with van der Waals surface area (Å²) < 4.78 is 22.7. The number of sulfonamides is 1. The van der Waals surface area contributed by atoms with E-state index in [0.29, 0.717) is 24.1 Å². The summed E-state index contributed by atoms with van der Waals surface area (Å²) >= 11 is 0. The molecule has 2 atom stereocenters. The van der Waals surface area contributed by atoms with Crippen LogP contribution in [0.4, 0.5) is 0 Å². The second kappa shape index (κ2) is 9.44. The van der Waals surface area contributed by atoms with Crippen LogP contribution in [0, 0.1) is 11.8 Å². The van der Waals surface area contributed by atoms with Crippen molar-refractivity contribution in [2.24, 2.45) is 17.0 Å². The maximum atomic E-state index is 12.9.